The third-order valence-corrected chi connectivity index (χ3v) is 5.96. The number of nitrogens with zero attached hydrogens (tertiary/aromatic N) is 3. The van der Waals surface area contributed by atoms with Gasteiger partial charge in [-0.2, -0.15) is 5.10 Å². The van der Waals surface area contributed by atoms with Crippen LogP contribution in [0.25, 0.3) is 10.9 Å². The zero-order valence-electron chi connectivity index (χ0n) is 16.7. The lowest BCUT2D eigenvalue weighted by atomic mass is 9.91. The van der Waals surface area contributed by atoms with Crippen LogP contribution >= 0.6 is 0 Å². The van der Waals surface area contributed by atoms with Crippen LogP contribution in [0.5, 0.6) is 5.75 Å². The highest BCUT2D eigenvalue weighted by Crippen LogP contribution is 2.41. The summed E-state index contributed by atoms with van der Waals surface area (Å²) in [5.41, 5.74) is 5.19. The summed E-state index contributed by atoms with van der Waals surface area (Å²) in [4.78, 5) is 6.32. The smallest absolute Gasteiger partial charge is 0.124 e. The summed E-state index contributed by atoms with van der Waals surface area (Å²) in [5, 5.41) is 5.69. The Balaban J connectivity index is 1.52. The molecule has 0 aliphatic carbocycles. The number of para-hydroxylation sites is 2. The second kappa shape index (κ2) is 7.76. The molecular weight excluding hydrogens is 360 g/mol. The monoisotopic (exact) mass is 386 g/mol. The fraction of sp³-hybridized carbons (Fsp3) is 0.292. The van der Waals surface area contributed by atoms with Crippen molar-refractivity contribution >= 4 is 10.9 Å². The van der Waals surface area contributed by atoms with Gasteiger partial charge in [-0.05, 0) is 36.6 Å². The maximum atomic E-state index is 5.74. The summed E-state index contributed by atoms with van der Waals surface area (Å²) >= 11 is 0. The molecule has 1 N–H and O–H groups in total. The van der Waals surface area contributed by atoms with Crippen LogP contribution in [0.3, 0.4) is 0 Å². The van der Waals surface area contributed by atoms with Crippen LogP contribution in [0.4, 0.5) is 0 Å². The number of H-pyrrole nitrogens is 1. The molecule has 5 rings (SSSR count). The van der Waals surface area contributed by atoms with Gasteiger partial charge in [0.05, 0.1) is 13.2 Å². The molecule has 5 heteroatoms. The van der Waals surface area contributed by atoms with Crippen LogP contribution < -0.4 is 4.74 Å². The van der Waals surface area contributed by atoms with Crippen LogP contribution in [0.2, 0.25) is 0 Å². The summed E-state index contributed by atoms with van der Waals surface area (Å²) < 4.78 is 7.76. The maximum Gasteiger partial charge on any atom is 0.124 e. The Morgan fingerprint density at radius 2 is 1.93 bits per heavy atom. The topological polar surface area (TPSA) is 46.1 Å². The number of hydrogen-bond acceptors (Lipinski definition) is 3. The van der Waals surface area contributed by atoms with Gasteiger partial charge in [-0.25, -0.2) is 0 Å². The molecule has 3 heterocycles. The lowest BCUT2D eigenvalue weighted by Gasteiger charge is -2.36. The minimum absolute atomic E-state index is 0.167. The molecule has 1 aliphatic heterocycles. The van der Waals surface area contributed by atoms with Crippen molar-refractivity contribution in [3.8, 4) is 5.75 Å². The van der Waals surface area contributed by atoms with Crippen molar-refractivity contribution in [2.75, 3.05) is 20.2 Å². The molecule has 5 nitrogen and oxygen atoms in total. The van der Waals surface area contributed by atoms with E-state index in [9.17, 15) is 0 Å². The zero-order valence-corrected chi connectivity index (χ0v) is 16.7. The van der Waals surface area contributed by atoms with Crippen molar-refractivity contribution in [2.24, 2.45) is 0 Å². The van der Waals surface area contributed by atoms with Gasteiger partial charge in [0.2, 0.25) is 0 Å². The average molecular weight is 386 g/mol. The first-order valence-electron chi connectivity index (χ1n) is 10.3. The highest BCUT2D eigenvalue weighted by molar-refractivity contribution is 5.85. The number of benzene rings is 2. The lowest BCUT2D eigenvalue weighted by Crippen LogP contribution is -2.37. The highest BCUT2D eigenvalue weighted by atomic mass is 16.5. The molecule has 1 aliphatic rings. The van der Waals surface area contributed by atoms with Crippen molar-refractivity contribution in [2.45, 2.75) is 25.4 Å². The lowest BCUT2D eigenvalue weighted by molar-refractivity contribution is 0.200. The molecule has 0 fully saturated rings. The van der Waals surface area contributed by atoms with Crippen LogP contribution in [-0.4, -0.2) is 39.9 Å². The minimum Gasteiger partial charge on any atom is -0.496 e. The van der Waals surface area contributed by atoms with Gasteiger partial charge in [0.1, 0.15) is 5.75 Å². The van der Waals surface area contributed by atoms with E-state index in [4.69, 9.17) is 4.74 Å². The van der Waals surface area contributed by atoms with Gasteiger partial charge < -0.3 is 9.72 Å². The van der Waals surface area contributed by atoms with Gasteiger partial charge in [0.15, 0.2) is 0 Å². The molecule has 0 bridgehead atoms. The number of aryl methyl sites for hydroxylation is 1. The molecule has 1 atom stereocenters. The molecular formula is C24H26N4O. The molecule has 2 aromatic carbocycles. The standard InChI is InChI=1S/C24H26N4O/c1-29-22-11-5-3-9-20(22)24-23-19(18-8-2-4-10-21(18)26-23)12-17-27(24)14-7-16-28-15-6-13-25-28/h2-6,8-11,13,15,24,26H,7,12,14,16-17H2,1H3/t24-/m0/s1. The summed E-state index contributed by atoms with van der Waals surface area (Å²) in [5.74, 6) is 0.945. The normalized spacial score (nSPS) is 16.8. The van der Waals surface area contributed by atoms with E-state index in [-0.39, 0.29) is 6.04 Å². The molecule has 0 spiro atoms. The minimum atomic E-state index is 0.167. The largest absolute Gasteiger partial charge is 0.496 e. The van der Waals surface area contributed by atoms with Crippen molar-refractivity contribution in [1.82, 2.24) is 19.7 Å². The molecule has 4 aromatic rings. The van der Waals surface area contributed by atoms with E-state index in [1.807, 2.05) is 29.2 Å². The Labute approximate surface area is 170 Å². The molecule has 2 aromatic heterocycles. The quantitative estimate of drug-likeness (QED) is 0.534. The second-order valence-corrected chi connectivity index (χ2v) is 7.62. The number of nitrogens with one attached hydrogen (secondary N) is 1. The van der Waals surface area contributed by atoms with E-state index in [2.05, 4.69) is 57.4 Å². The van der Waals surface area contributed by atoms with Crippen molar-refractivity contribution in [1.29, 1.82) is 0 Å². The number of ether oxygens (including phenoxy) is 1. The van der Waals surface area contributed by atoms with Crippen LogP contribution in [0.15, 0.2) is 67.0 Å². The van der Waals surface area contributed by atoms with Crippen molar-refractivity contribution in [3.05, 3.63) is 83.8 Å². The fourth-order valence-electron chi connectivity index (χ4n) is 4.64. The fourth-order valence-corrected chi connectivity index (χ4v) is 4.64. The van der Waals surface area contributed by atoms with E-state index in [0.29, 0.717) is 0 Å². The molecule has 0 amide bonds. The highest BCUT2D eigenvalue weighted by Gasteiger charge is 2.32. The summed E-state index contributed by atoms with van der Waals surface area (Å²) in [6, 6.07) is 19.2. The van der Waals surface area contributed by atoms with E-state index in [1.54, 1.807) is 7.11 Å². The number of methoxy groups -OCH3 is 1. The average Bonchev–Trinajstić information content (AvgIpc) is 3.41. The summed E-state index contributed by atoms with van der Waals surface area (Å²) in [6.07, 6.45) is 5.99. The van der Waals surface area contributed by atoms with E-state index >= 15 is 0 Å². The molecule has 0 saturated heterocycles. The van der Waals surface area contributed by atoms with Gasteiger partial charge in [-0.1, -0.05) is 36.4 Å². The number of aromatic nitrogens is 3. The summed E-state index contributed by atoms with van der Waals surface area (Å²) in [6.45, 7) is 2.98. The maximum absolute atomic E-state index is 5.74. The third-order valence-electron chi connectivity index (χ3n) is 5.96. The predicted octanol–water partition coefficient (Wildman–Crippen LogP) is 4.41. The first-order valence-corrected chi connectivity index (χ1v) is 10.3. The van der Waals surface area contributed by atoms with Crippen LogP contribution in [-0.2, 0) is 13.0 Å². The van der Waals surface area contributed by atoms with Gasteiger partial charge in [-0.15, -0.1) is 0 Å². The molecule has 29 heavy (non-hydrogen) atoms. The molecule has 0 radical (unpaired) electrons. The number of rotatable bonds is 6. The van der Waals surface area contributed by atoms with Crippen LogP contribution in [0.1, 0.15) is 29.3 Å². The zero-order chi connectivity index (χ0) is 19.6. The van der Waals surface area contributed by atoms with Crippen LogP contribution in [0, 0.1) is 0 Å². The van der Waals surface area contributed by atoms with Gasteiger partial charge >= 0.3 is 0 Å². The third kappa shape index (κ3) is 3.32. The summed E-state index contributed by atoms with van der Waals surface area (Å²) in [7, 11) is 1.76. The van der Waals surface area contributed by atoms with Crippen molar-refractivity contribution in [3.63, 3.8) is 0 Å². The molecule has 148 valence electrons. The first-order chi connectivity index (χ1) is 14.3. The first kappa shape index (κ1) is 18.0. The Kier molecular flexibility index (Phi) is 4.82. The SMILES string of the molecule is COc1ccccc1[C@H]1c2[nH]c3ccccc3c2CCN1CCCn1cccn1. The molecule has 0 unspecified atom stereocenters. The number of hydrogen-bond donors (Lipinski definition) is 1. The van der Waals surface area contributed by atoms with E-state index in [0.717, 1.165) is 38.2 Å². The Bertz CT molecular complexity index is 1100. The number of aromatic amines is 1. The molecule has 0 saturated carbocycles. The van der Waals surface area contributed by atoms with Gasteiger partial charge in [0, 0.05) is 54.2 Å². The van der Waals surface area contributed by atoms with E-state index in [1.165, 1.54) is 27.7 Å². The van der Waals surface area contributed by atoms with Crippen molar-refractivity contribution < 1.29 is 4.74 Å². The van der Waals surface area contributed by atoms with Gasteiger partial charge in [-0.3, -0.25) is 9.58 Å². The number of fused-ring (bicyclic) bond motifs is 3. The van der Waals surface area contributed by atoms with E-state index < -0.39 is 0 Å². The Morgan fingerprint density at radius 1 is 1.07 bits per heavy atom. The second-order valence-electron chi connectivity index (χ2n) is 7.62. The Morgan fingerprint density at radius 3 is 2.79 bits per heavy atom. The predicted molar refractivity (Wildman–Crippen MR) is 115 cm³/mol. The van der Waals surface area contributed by atoms with Gasteiger partial charge in [0.25, 0.3) is 0 Å². The Hall–Kier alpha value is -3.05.